The largest absolute Gasteiger partial charge is 1.00 e. The first-order chi connectivity index (χ1) is 12.5. The van der Waals surface area contributed by atoms with Crippen molar-refractivity contribution in [2.75, 3.05) is 23.6 Å². The van der Waals surface area contributed by atoms with Gasteiger partial charge in [0.1, 0.15) is 18.4 Å². The number of halogens is 1. The number of carbonyl (C=O) groups is 2. The van der Waals surface area contributed by atoms with Gasteiger partial charge in [-0.05, 0) is 28.6 Å². The number of rotatable bonds is 8. The Labute approximate surface area is 180 Å². The number of ether oxygens (including phenoxy) is 1. The molecule has 0 unspecified atom stereocenters. The number of carbonyl (C=O) groups excluding carboxylic acids is 2. The van der Waals surface area contributed by atoms with E-state index in [2.05, 4.69) is 23.1 Å². The van der Waals surface area contributed by atoms with Crippen molar-refractivity contribution >= 4 is 28.6 Å². The highest BCUT2D eigenvalue weighted by atomic mass is 127. The predicted molar refractivity (Wildman–Crippen MR) is 107 cm³/mol. The SMILES string of the molecule is C[S+](C)CC[C@H](NC(=O)OCc1ccccc1)C(=O)Nc1ccccc1.[I-]. The number of para-hydroxylation sites is 1. The second kappa shape index (κ2) is 12.6. The number of alkyl carbamates (subject to hydrolysis) is 1. The molecule has 0 bridgehead atoms. The summed E-state index contributed by atoms with van der Waals surface area (Å²) in [7, 11) is 0.180. The number of amides is 2. The van der Waals surface area contributed by atoms with E-state index < -0.39 is 12.1 Å². The van der Waals surface area contributed by atoms with Crippen molar-refractivity contribution in [1.82, 2.24) is 5.32 Å². The van der Waals surface area contributed by atoms with Crippen LogP contribution >= 0.6 is 0 Å². The Kier molecular flexibility index (Phi) is 10.9. The zero-order chi connectivity index (χ0) is 18.8. The lowest BCUT2D eigenvalue weighted by atomic mass is 10.2. The molecule has 2 amide bonds. The summed E-state index contributed by atoms with van der Waals surface area (Å²) in [6.07, 6.45) is 4.20. The Hall–Kier alpha value is -1.74. The van der Waals surface area contributed by atoms with Crippen molar-refractivity contribution in [1.29, 1.82) is 0 Å². The molecule has 0 aromatic heterocycles. The van der Waals surface area contributed by atoms with Crippen LogP contribution in [0.5, 0.6) is 0 Å². The Morgan fingerprint density at radius 2 is 1.59 bits per heavy atom. The Morgan fingerprint density at radius 3 is 2.19 bits per heavy atom. The fraction of sp³-hybridized carbons (Fsp3) is 0.300. The average Bonchev–Trinajstić information content (AvgIpc) is 2.65. The standard InChI is InChI=1S/C20H24N2O3S.HI/c1-26(2)14-13-18(19(23)21-17-11-7-4-8-12-17)22-20(24)25-15-16-9-5-3-6-10-16;/h3-12,18H,13-15H2,1-2H3,(H-,21,22,23,24);1H/t18-;/m0./s1. The number of hydrogen-bond acceptors (Lipinski definition) is 3. The van der Waals surface area contributed by atoms with Gasteiger partial charge in [0.05, 0.1) is 12.5 Å². The molecule has 0 heterocycles. The minimum Gasteiger partial charge on any atom is -1.00 e. The maximum Gasteiger partial charge on any atom is 0.408 e. The summed E-state index contributed by atoms with van der Waals surface area (Å²) in [5, 5.41) is 5.53. The summed E-state index contributed by atoms with van der Waals surface area (Å²) in [4.78, 5) is 24.7. The van der Waals surface area contributed by atoms with E-state index in [4.69, 9.17) is 4.74 Å². The van der Waals surface area contributed by atoms with Gasteiger partial charge in [-0.25, -0.2) is 4.79 Å². The molecule has 146 valence electrons. The van der Waals surface area contributed by atoms with Gasteiger partial charge < -0.3 is 39.3 Å². The number of anilines is 1. The normalized spacial score (nSPS) is 11.2. The minimum absolute atomic E-state index is 0. The highest BCUT2D eigenvalue weighted by Gasteiger charge is 2.23. The van der Waals surface area contributed by atoms with E-state index in [1.165, 1.54) is 0 Å². The molecule has 5 nitrogen and oxygen atoms in total. The second-order valence-corrected chi connectivity index (χ2v) is 8.47. The molecule has 0 radical (unpaired) electrons. The molecule has 2 N–H and O–H groups in total. The highest BCUT2D eigenvalue weighted by molar-refractivity contribution is 7.95. The van der Waals surface area contributed by atoms with Gasteiger partial charge in [-0.15, -0.1) is 0 Å². The topological polar surface area (TPSA) is 67.4 Å². The molecule has 0 saturated heterocycles. The van der Waals surface area contributed by atoms with Crippen LogP contribution in [0.4, 0.5) is 10.5 Å². The molecular weight excluding hydrogens is 475 g/mol. The van der Waals surface area contributed by atoms with E-state index in [0.29, 0.717) is 12.1 Å². The first kappa shape index (κ1) is 23.3. The first-order valence-corrected chi connectivity index (χ1v) is 10.6. The van der Waals surface area contributed by atoms with E-state index in [-0.39, 0.29) is 47.4 Å². The Balaban J connectivity index is 0.00000364. The molecule has 0 aliphatic rings. The average molecular weight is 500 g/mol. The number of hydrogen-bond donors (Lipinski definition) is 2. The molecule has 0 aliphatic carbocycles. The molecule has 2 aromatic rings. The van der Waals surface area contributed by atoms with Crippen LogP contribution in [0.3, 0.4) is 0 Å². The number of benzene rings is 2. The molecule has 0 fully saturated rings. The van der Waals surface area contributed by atoms with Crippen LogP contribution in [0.2, 0.25) is 0 Å². The molecule has 2 rings (SSSR count). The van der Waals surface area contributed by atoms with Crippen LogP contribution in [-0.2, 0) is 27.0 Å². The fourth-order valence-electron chi connectivity index (χ4n) is 2.28. The van der Waals surface area contributed by atoms with Crippen LogP contribution in [0, 0.1) is 0 Å². The molecule has 0 spiro atoms. The lowest BCUT2D eigenvalue weighted by Gasteiger charge is -2.17. The molecule has 0 saturated carbocycles. The van der Waals surface area contributed by atoms with Gasteiger partial charge in [0.25, 0.3) is 0 Å². The molecule has 2 aromatic carbocycles. The van der Waals surface area contributed by atoms with Crippen LogP contribution in [0.25, 0.3) is 0 Å². The summed E-state index contributed by atoms with van der Waals surface area (Å²) in [5.74, 6) is 0.615. The van der Waals surface area contributed by atoms with Crippen LogP contribution in [0.15, 0.2) is 60.7 Å². The fourth-order valence-corrected chi connectivity index (χ4v) is 2.99. The molecule has 7 heteroatoms. The summed E-state index contributed by atoms with van der Waals surface area (Å²) in [6.45, 7) is 0.172. The third-order valence-electron chi connectivity index (χ3n) is 3.68. The zero-order valence-corrected chi connectivity index (χ0v) is 18.5. The summed E-state index contributed by atoms with van der Waals surface area (Å²) in [5.41, 5.74) is 1.60. The van der Waals surface area contributed by atoms with E-state index in [1.54, 1.807) is 0 Å². The van der Waals surface area contributed by atoms with Crippen molar-refractivity contribution in [3.63, 3.8) is 0 Å². The van der Waals surface area contributed by atoms with Crippen molar-refractivity contribution in [3.05, 3.63) is 66.2 Å². The van der Waals surface area contributed by atoms with Gasteiger partial charge in [-0.3, -0.25) is 4.79 Å². The molecule has 27 heavy (non-hydrogen) atoms. The van der Waals surface area contributed by atoms with Gasteiger partial charge in [0, 0.05) is 12.1 Å². The van der Waals surface area contributed by atoms with Crippen LogP contribution < -0.4 is 34.6 Å². The van der Waals surface area contributed by atoms with E-state index in [0.717, 1.165) is 11.3 Å². The third-order valence-corrected chi connectivity index (χ3v) is 4.73. The smallest absolute Gasteiger partial charge is 0.408 e. The maximum absolute atomic E-state index is 12.6. The molecule has 0 aliphatic heterocycles. The Morgan fingerprint density at radius 1 is 1.00 bits per heavy atom. The van der Waals surface area contributed by atoms with Crippen molar-refractivity contribution < 1.29 is 38.3 Å². The van der Waals surface area contributed by atoms with Crippen molar-refractivity contribution in [2.24, 2.45) is 0 Å². The number of nitrogens with one attached hydrogen (secondary N) is 2. The predicted octanol–water partition coefficient (Wildman–Crippen LogP) is 0.192. The first-order valence-electron chi connectivity index (χ1n) is 8.42. The monoisotopic (exact) mass is 500 g/mol. The zero-order valence-electron chi connectivity index (χ0n) is 15.5. The van der Waals surface area contributed by atoms with Crippen LogP contribution in [-0.4, -0.2) is 36.3 Å². The summed E-state index contributed by atoms with van der Waals surface area (Å²) in [6, 6.07) is 18.0. The van der Waals surface area contributed by atoms with E-state index >= 15 is 0 Å². The molecule has 1 atom stereocenters. The van der Waals surface area contributed by atoms with Gasteiger partial charge in [-0.1, -0.05) is 48.5 Å². The maximum atomic E-state index is 12.6. The highest BCUT2D eigenvalue weighted by Crippen LogP contribution is 2.08. The van der Waals surface area contributed by atoms with Crippen LogP contribution in [0.1, 0.15) is 12.0 Å². The lowest BCUT2D eigenvalue weighted by Crippen LogP contribution is -3.00. The van der Waals surface area contributed by atoms with Gasteiger partial charge in [0.15, 0.2) is 0 Å². The third kappa shape index (κ3) is 9.14. The van der Waals surface area contributed by atoms with Gasteiger partial charge in [-0.2, -0.15) is 0 Å². The quantitative estimate of drug-likeness (QED) is 0.402. The van der Waals surface area contributed by atoms with E-state index in [9.17, 15) is 9.59 Å². The second-order valence-electron chi connectivity index (χ2n) is 6.09. The minimum atomic E-state index is -0.631. The Bertz CT molecular complexity index is 699. The van der Waals surface area contributed by atoms with E-state index in [1.807, 2.05) is 60.7 Å². The van der Waals surface area contributed by atoms with Gasteiger partial charge >= 0.3 is 6.09 Å². The lowest BCUT2D eigenvalue weighted by molar-refractivity contribution is -0.118. The molecular formula is C20H25IN2O3S. The van der Waals surface area contributed by atoms with Crippen molar-refractivity contribution in [2.45, 2.75) is 19.1 Å². The summed E-state index contributed by atoms with van der Waals surface area (Å²) < 4.78 is 5.24. The van der Waals surface area contributed by atoms with Gasteiger partial charge in [0.2, 0.25) is 5.91 Å². The van der Waals surface area contributed by atoms with Crippen molar-refractivity contribution in [3.8, 4) is 0 Å². The summed E-state index contributed by atoms with van der Waals surface area (Å²) >= 11 is 0.